The van der Waals surface area contributed by atoms with Crippen LogP contribution in [-0.2, 0) is 57.6 Å². The lowest BCUT2D eigenvalue weighted by Crippen LogP contribution is -2.62. The van der Waals surface area contributed by atoms with Gasteiger partial charge in [0.05, 0.1) is 12.1 Å². The van der Waals surface area contributed by atoms with Gasteiger partial charge in [0, 0.05) is 41.4 Å². The highest BCUT2D eigenvalue weighted by Crippen LogP contribution is 2.25. The number of nitrogens with one attached hydrogen (secondary N) is 8. The van der Waals surface area contributed by atoms with Crippen molar-refractivity contribution in [1.82, 2.24) is 42.2 Å². The lowest BCUT2D eigenvalue weighted by Gasteiger charge is -2.29. The monoisotopic (exact) mass is 1100 g/mol. The van der Waals surface area contributed by atoms with E-state index >= 15 is 0 Å². The molecule has 23 heteroatoms. The van der Waals surface area contributed by atoms with Gasteiger partial charge in [-0.2, -0.15) is 0 Å². The third kappa shape index (κ3) is 16.9. The summed E-state index contributed by atoms with van der Waals surface area (Å²) in [7, 11) is 2.03. The Morgan fingerprint density at radius 2 is 1.34 bits per heavy atom. The van der Waals surface area contributed by atoms with Gasteiger partial charge in [0.1, 0.15) is 48.0 Å². The first-order valence-electron chi connectivity index (χ1n) is 25.4. The summed E-state index contributed by atoms with van der Waals surface area (Å²) >= 11 is 0. The van der Waals surface area contributed by atoms with Crippen molar-refractivity contribution in [3.05, 3.63) is 114 Å². The number of phenols is 1. The molecule has 1 saturated heterocycles. The van der Waals surface area contributed by atoms with E-state index in [-0.39, 0.29) is 49.5 Å². The average molecular weight is 1100 g/mol. The highest BCUT2D eigenvalue weighted by Gasteiger charge is 2.36. The van der Waals surface area contributed by atoms with E-state index in [4.69, 9.17) is 17.2 Å². The van der Waals surface area contributed by atoms with E-state index in [1.165, 1.54) is 19.1 Å². The van der Waals surface area contributed by atoms with E-state index in [1.54, 1.807) is 32.2 Å². The summed E-state index contributed by atoms with van der Waals surface area (Å²) in [4.78, 5) is 116. The fraction of sp³-hybridized carbons (Fsp3) is 0.407. The summed E-state index contributed by atoms with van der Waals surface area (Å²) in [5.74, 6) is -7.66. The molecule has 4 aromatic carbocycles. The number of rotatable bonds is 17. The molecule has 8 amide bonds. The first kappa shape index (κ1) is 59.1. The minimum Gasteiger partial charge on any atom is -0.508 e. The van der Waals surface area contributed by atoms with Crippen molar-refractivity contribution in [1.29, 1.82) is 0 Å². The molecule has 21 nitrogen and oxygen atoms in total. The molecule has 16 N–H and O–H groups in total. The largest absolute Gasteiger partial charge is 0.508 e. The number of primary amides is 1. The molecule has 1 aromatic heterocycles. The zero-order valence-corrected chi connectivity index (χ0v) is 44.7. The number of aromatic hydroxyl groups is 1. The van der Waals surface area contributed by atoms with Gasteiger partial charge >= 0.3 is 0 Å². The van der Waals surface area contributed by atoms with Crippen molar-refractivity contribution in [2.24, 2.45) is 23.1 Å². The van der Waals surface area contributed by atoms with Crippen molar-refractivity contribution >= 4 is 90.5 Å². The lowest BCUT2D eigenvalue weighted by atomic mass is 10.00. The van der Waals surface area contributed by atoms with Crippen molar-refractivity contribution in [3.63, 3.8) is 0 Å². The summed E-state index contributed by atoms with van der Waals surface area (Å²) in [6, 6.07) is 15.8. The van der Waals surface area contributed by atoms with E-state index in [0.29, 0.717) is 24.0 Å². The zero-order chi connectivity index (χ0) is 55.8. The fourth-order valence-corrected chi connectivity index (χ4v) is 11.0. The van der Waals surface area contributed by atoms with Gasteiger partial charge in [-0.1, -0.05) is 108 Å². The van der Waals surface area contributed by atoms with Crippen LogP contribution in [0.3, 0.4) is 0 Å². The van der Waals surface area contributed by atoms with Crippen LogP contribution in [0.1, 0.15) is 56.7 Å². The Hall–Kier alpha value is -7.18. The normalized spacial score (nSPS) is 21.6. The molecular weight excluding hydrogens is 1030 g/mol. The van der Waals surface area contributed by atoms with Crippen LogP contribution in [0.2, 0.25) is 0 Å². The first-order valence-corrected chi connectivity index (χ1v) is 27.9. The Labute approximate surface area is 453 Å². The number of aromatic nitrogens is 1. The van der Waals surface area contributed by atoms with Gasteiger partial charge in [-0.25, -0.2) is 0 Å². The van der Waals surface area contributed by atoms with Gasteiger partial charge in [-0.3, -0.25) is 38.4 Å². The van der Waals surface area contributed by atoms with Crippen LogP contribution < -0.4 is 54.4 Å². The number of fused-ring (bicyclic) bond motifs is 2. The standard InChI is InChI=1S/C54H69N11O10S2/c1-29(2)45-54(75)63-44(53(74)65-46(30(3)66)47(57)68)28-77-76-27-43(62-48(69)38(56)23-32-15-18-33-10-4-5-11-34(33)22-32)52(73)60-41(24-31-16-19-36(67)20-17-31)50(71)61-42(25-35-26-58-39-13-7-6-12-37(35)39)51(72)59-40(49(70)64-45)14-8-9-21-55/h4-7,10-13,15-20,22,26,29-30,38,40-46,58,66-67H,8-9,14,21,23-25,27-28,55-56H2,1-3H3,(H2,57,68)(H,59,72)(H,60,73)(H,61,71)(H,62,69)(H,63,75)(H,64,70)(H,65,74)/t30-,38-,40+,41-,42-,43+,44+,45+,46+/m1/s1. The van der Waals surface area contributed by atoms with Gasteiger partial charge in [0.2, 0.25) is 47.3 Å². The van der Waals surface area contributed by atoms with Crippen LogP contribution in [0.5, 0.6) is 5.75 Å². The number of benzene rings is 4. The molecule has 0 bridgehead atoms. The van der Waals surface area contributed by atoms with Crippen LogP contribution >= 0.6 is 21.6 Å². The Balaban J connectivity index is 1.39. The number of aliphatic hydroxyl groups excluding tert-OH is 1. The maximum Gasteiger partial charge on any atom is 0.244 e. The second-order valence-corrected chi connectivity index (χ2v) is 22.0. The maximum atomic E-state index is 14.9. The molecule has 9 atom stereocenters. The van der Waals surface area contributed by atoms with Crippen LogP contribution in [0.15, 0.2) is 97.2 Å². The molecular formula is C54H69N11O10S2. The van der Waals surface area contributed by atoms with E-state index in [0.717, 1.165) is 48.8 Å². The van der Waals surface area contributed by atoms with Crippen molar-refractivity contribution < 1.29 is 48.6 Å². The molecule has 0 radical (unpaired) electrons. The molecule has 1 aliphatic rings. The summed E-state index contributed by atoms with van der Waals surface area (Å²) in [6.07, 6.45) is 1.05. The van der Waals surface area contributed by atoms with Crippen LogP contribution in [0.25, 0.3) is 21.7 Å². The Morgan fingerprint density at radius 1 is 0.714 bits per heavy atom. The van der Waals surface area contributed by atoms with Gasteiger partial charge in [0.25, 0.3) is 0 Å². The summed E-state index contributed by atoms with van der Waals surface area (Å²) in [5.41, 5.74) is 20.5. The Bertz CT molecular complexity index is 2890. The van der Waals surface area contributed by atoms with Crippen LogP contribution in [0, 0.1) is 5.92 Å². The molecule has 0 unspecified atom stereocenters. The second kappa shape index (κ2) is 28.3. The van der Waals surface area contributed by atoms with Crippen LogP contribution in [-0.4, -0.2) is 135 Å². The Kier molecular flexibility index (Phi) is 21.7. The number of para-hydroxylation sites is 1. The molecule has 5 aromatic rings. The lowest BCUT2D eigenvalue weighted by molar-refractivity contribution is -0.136. The van der Waals surface area contributed by atoms with E-state index in [1.807, 2.05) is 66.7 Å². The summed E-state index contributed by atoms with van der Waals surface area (Å²) in [5, 5.41) is 42.1. The molecule has 1 fully saturated rings. The number of aliphatic hydroxyl groups is 1. The predicted molar refractivity (Wildman–Crippen MR) is 296 cm³/mol. The summed E-state index contributed by atoms with van der Waals surface area (Å²) < 4.78 is 0. The fourth-order valence-electron chi connectivity index (χ4n) is 8.71. The molecule has 0 saturated carbocycles. The van der Waals surface area contributed by atoms with Gasteiger partial charge in [0.15, 0.2) is 0 Å². The minimum absolute atomic E-state index is 0.0501. The van der Waals surface area contributed by atoms with Gasteiger partial charge in [-0.15, -0.1) is 0 Å². The highest BCUT2D eigenvalue weighted by molar-refractivity contribution is 8.76. The third-order valence-corrected chi connectivity index (χ3v) is 15.5. The van der Waals surface area contributed by atoms with Gasteiger partial charge < -0.3 is 69.6 Å². The number of hydrogen-bond donors (Lipinski definition) is 13. The van der Waals surface area contributed by atoms with E-state index in [9.17, 15) is 48.6 Å². The molecule has 0 aliphatic carbocycles. The zero-order valence-electron chi connectivity index (χ0n) is 43.1. The van der Waals surface area contributed by atoms with E-state index in [2.05, 4.69) is 42.2 Å². The predicted octanol–water partition coefficient (Wildman–Crippen LogP) is 0.822. The number of phenolic OH excluding ortho intramolecular Hbond substituents is 1. The molecule has 412 valence electrons. The number of nitrogens with two attached hydrogens (primary N) is 3. The number of aromatic amines is 1. The summed E-state index contributed by atoms with van der Waals surface area (Å²) in [6.45, 7) is 4.85. The first-order chi connectivity index (χ1) is 36.8. The number of amides is 8. The molecule has 0 spiro atoms. The quantitative estimate of drug-likeness (QED) is 0.0453. The smallest absolute Gasteiger partial charge is 0.244 e. The average Bonchev–Trinajstić information content (AvgIpc) is 3.81. The molecule has 1 aliphatic heterocycles. The number of hydrogen-bond acceptors (Lipinski definition) is 14. The van der Waals surface area contributed by atoms with Crippen molar-refractivity contribution in [2.45, 2.75) is 114 Å². The van der Waals surface area contributed by atoms with Gasteiger partial charge in [-0.05, 0) is 90.7 Å². The molecule has 6 rings (SSSR count). The van der Waals surface area contributed by atoms with E-state index < -0.39 is 108 Å². The molecule has 2 heterocycles. The minimum atomic E-state index is -1.55. The van der Waals surface area contributed by atoms with Crippen LogP contribution in [0.4, 0.5) is 0 Å². The Morgan fingerprint density at radius 3 is 2.03 bits per heavy atom. The number of carbonyl (C=O) groups is 8. The SMILES string of the molecule is CC(C)[C@@H]1NC(=O)[C@H](CCCCN)NC(=O)[C@@H](Cc2c[nH]c3ccccc23)NC(=O)[C@@H](Cc2ccc(O)cc2)NC(=O)[C@@H](NC(=O)[C@H](N)Cc2ccc3ccccc3c2)CSSC[C@@H](C(=O)N[C@H](C(N)=O)[C@@H](C)O)NC1=O. The second-order valence-electron chi connectivity index (χ2n) is 19.4. The van der Waals surface area contributed by atoms with Crippen molar-refractivity contribution in [2.75, 3.05) is 18.1 Å². The molecule has 77 heavy (non-hydrogen) atoms. The number of carbonyl (C=O) groups excluding carboxylic acids is 8. The van der Waals surface area contributed by atoms with Crippen molar-refractivity contribution in [3.8, 4) is 5.75 Å². The highest BCUT2D eigenvalue weighted by atomic mass is 33.1. The topological polar surface area (TPSA) is 355 Å². The maximum absolute atomic E-state index is 14.9. The third-order valence-electron chi connectivity index (χ3n) is 13.1. The number of unbranched alkanes of at least 4 members (excludes halogenated alkanes) is 1. The number of H-pyrrole nitrogens is 1.